The maximum absolute atomic E-state index is 13.8. The van der Waals surface area contributed by atoms with E-state index < -0.39 is 0 Å². The van der Waals surface area contributed by atoms with Gasteiger partial charge in [-0.05, 0) is 57.3 Å². The van der Waals surface area contributed by atoms with Crippen LogP contribution < -0.4 is 5.32 Å². The predicted octanol–water partition coefficient (Wildman–Crippen LogP) is 4.10. The molecular weight excluding hydrogens is 339 g/mol. The Hall–Kier alpha value is -2.20. The van der Waals surface area contributed by atoms with Crippen molar-refractivity contribution in [3.05, 3.63) is 71.0 Å². The third-order valence-electron chi connectivity index (χ3n) is 5.37. The molecule has 1 fully saturated rings. The number of rotatable bonds is 7. The fraction of sp³-hybridized carbons (Fsp3) is 0.435. The molecule has 0 unspecified atom stereocenters. The summed E-state index contributed by atoms with van der Waals surface area (Å²) >= 11 is 0. The van der Waals surface area contributed by atoms with E-state index in [1.807, 2.05) is 12.1 Å². The Kier molecular flexibility index (Phi) is 6.99. The van der Waals surface area contributed by atoms with Gasteiger partial charge in [0.1, 0.15) is 5.82 Å². The number of carbonyl (C=O) groups excluding carboxylic acids is 1. The lowest BCUT2D eigenvalue weighted by molar-refractivity contribution is -0.126. The van der Waals surface area contributed by atoms with Gasteiger partial charge in [0.25, 0.3) is 0 Å². The molecule has 1 heterocycles. The minimum Gasteiger partial charge on any atom is -0.356 e. The van der Waals surface area contributed by atoms with E-state index in [1.165, 1.54) is 17.2 Å². The van der Waals surface area contributed by atoms with Crippen LogP contribution in [0.4, 0.5) is 4.39 Å². The van der Waals surface area contributed by atoms with Gasteiger partial charge in [0.05, 0.1) is 0 Å². The highest BCUT2D eigenvalue weighted by atomic mass is 19.1. The van der Waals surface area contributed by atoms with Crippen LogP contribution in [0, 0.1) is 18.7 Å². The second kappa shape index (κ2) is 9.65. The molecule has 3 rings (SSSR count). The van der Waals surface area contributed by atoms with Crippen molar-refractivity contribution in [1.82, 2.24) is 10.2 Å². The molecule has 0 bridgehead atoms. The highest BCUT2D eigenvalue weighted by Crippen LogP contribution is 2.20. The second-order valence-electron chi connectivity index (χ2n) is 7.52. The van der Waals surface area contributed by atoms with Crippen molar-refractivity contribution in [2.75, 3.05) is 19.6 Å². The van der Waals surface area contributed by atoms with E-state index in [1.54, 1.807) is 6.07 Å². The molecule has 0 aliphatic carbocycles. The van der Waals surface area contributed by atoms with Gasteiger partial charge in [-0.2, -0.15) is 0 Å². The Morgan fingerprint density at radius 3 is 2.52 bits per heavy atom. The van der Waals surface area contributed by atoms with Gasteiger partial charge in [-0.25, -0.2) is 4.39 Å². The SMILES string of the molecule is Cc1ccc(CCCNC(=O)C2CCN(Cc3ccccc3F)CC2)cc1. The summed E-state index contributed by atoms with van der Waals surface area (Å²) in [4.78, 5) is 14.6. The normalized spacial score (nSPS) is 15.6. The van der Waals surface area contributed by atoms with E-state index in [2.05, 4.69) is 41.4 Å². The van der Waals surface area contributed by atoms with E-state index in [0.29, 0.717) is 6.54 Å². The molecule has 27 heavy (non-hydrogen) atoms. The van der Waals surface area contributed by atoms with Gasteiger partial charge in [0.2, 0.25) is 5.91 Å². The van der Waals surface area contributed by atoms with Crippen LogP contribution in [0.5, 0.6) is 0 Å². The molecule has 0 atom stereocenters. The summed E-state index contributed by atoms with van der Waals surface area (Å²) in [5, 5.41) is 3.09. The van der Waals surface area contributed by atoms with Crippen molar-refractivity contribution in [1.29, 1.82) is 0 Å². The molecule has 4 heteroatoms. The zero-order valence-corrected chi connectivity index (χ0v) is 16.1. The highest BCUT2D eigenvalue weighted by molar-refractivity contribution is 5.78. The van der Waals surface area contributed by atoms with Crippen LogP contribution in [0.1, 0.15) is 36.0 Å². The average molecular weight is 368 g/mol. The number of hydrogen-bond acceptors (Lipinski definition) is 2. The Balaban J connectivity index is 1.34. The largest absolute Gasteiger partial charge is 0.356 e. The summed E-state index contributed by atoms with van der Waals surface area (Å²) in [6, 6.07) is 15.5. The molecule has 0 aromatic heterocycles. The first-order valence-electron chi connectivity index (χ1n) is 9.91. The predicted molar refractivity (Wildman–Crippen MR) is 107 cm³/mol. The van der Waals surface area contributed by atoms with E-state index in [4.69, 9.17) is 0 Å². The number of nitrogens with one attached hydrogen (secondary N) is 1. The van der Waals surface area contributed by atoms with Crippen LogP contribution >= 0.6 is 0 Å². The Morgan fingerprint density at radius 1 is 1.11 bits per heavy atom. The number of aryl methyl sites for hydroxylation is 2. The van der Waals surface area contributed by atoms with E-state index in [9.17, 15) is 9.18 Å². The fourth-order valence-corrected chi connectivity index (χ4v) is 3.62. The van der Waals surface area contributed by atoms with E-state index in [0.717, 1.165) is 50.9 Å². The standard InChI is InChI=1S/C23H29FN2O/c1-18-8-10-19(11-9-18)5-4-14-25-23(27)20-12-15-26(16-13-20)17-21-6-2-3-7-22(21)24/h2-3,6-11,20H,4-5,12-17H2,1H3,(H,25,27). The van der Waals surface area contributed by atoms with Crippen LogP contribution in [0.3, 0.4) is 0 Å². The third-order valence-corrected chi connectivity index (χ3v) is 5.37. The first-order valence-corrected chi connectivity index (χ1v) is 9.91. The lowest BCUT2D eigenvalue weighted by Crippen LogP contribution is -2.40. The summed E-state index contributed by atoms with van der Waals surface area (Å²) in [5.74, 6) is 0.108. The molecule has 0 radical (unpaired) electrons. The summed E-state index contributed by atoms with van der Waals surface area (Å²) < 4.78 is 13.8. The van der Waals surface area contributed by atoms with Crippen molar-refractivity contribution in [3.63, 3.8) is 0 Å². The molecule has 2 aromatic carbocycles. The first kappa shape index (κ1) is 19.6. The van der Waals surface area contributed by atoms with Crippen LogP contribution in [0.15, 0.2) is 48.5 Å². The topological polar surface area (TPSA) is 32.3 Å². The van der Waals surface area contributed by atoms with Crippen LogP contribution in [0.2, 0.25) is 0 Å². The number of hydrogen-bond donors (Lipinski definition) is 1. The van der Waals surface area contributed by atoms with Crippen molar-refractivity contribution in [3.8, 4) is 0 Å². The third kappa shape index (κ3) is 5.90. The van der Waals surface area contributed by atoms with Crippen molar-refractivity contribution < 1.29 is 9.18 Å². The molecule has 1 saturated heterocycles. The molecule has 144 valence electrons. The Labute approximate surface area is 161 Å². The highest BCUT2D eigenvalue weighted by Gasteiger charge is 2.25. The quantitative estimate of drug-likeness (QED) is 0.747. The average Bonchev–Trinajstić information content (AvgIpc) is 2.69. The summed E-state index contributed by atoms with van der Waals surface area (Å²) in [6.07, 6.45) is 3.64. The Morgan fingerprint density at radius 2 is 1.81 bits per heavy atom. The molecule has 1 aliphatic rings. The van der Waals surface area contributed by atoms with Gasteiger partial charge < -0.3 is 5.32 Å². The van der Waals surface area contributed by atoms with Crippen molar-refractivity contribution >= 4 is 5.91 Å². The van der Waals surface area contributed by atoms with Crippen LogP contribution in [-0.2, 0) is 17.8 Å². The number of benzene rings is 2. The van der Waals surface area contributed by atoms with Gasteiger partial charge in [-0.1, -0.05) is 48.0 Å². The maximum Gasteiger partial charge on any atom is 0.223 e. The summed E-state index contributed by atoms with van der Waals surface area (Å²) in [6.45, 7) is 5.12. The van der Waals surface area contributed by atoms with Gasteiger partial charge in [0.15, 0.2) is 0 Å². The van der Waals surface area contributed by atoms with Gasteiger partial charge >= 0.3 is 0 Å². The zero-order chi connectivity index (χ0) is 19.1. The number of amides is 1. The smallest absolute Gasteiger partial charge is 0.223 e. The monoisotopic (exact) mass is 368 g/mol. The first-order chi connectivity index (χ1) is 13.1. The van der Waals surface area contributed by atoms with E-state index in [-0.39, 0.29) is 17.6 Å². The number of nitrogens with zero attached hydrogens (tertiary/aromatic N) is 1. The van der Waals surface area contributed by atoms with Crippen LogP contribution in [0.25, 0.3) is 0 Å². The van der Waals surface area contributed by atoms with Crippen LogP contribution in [-0.4, -0.2) is 30.4 Å². The molecule has 3 nitrogen and oxygen atoms in total. The number of carbonyl (C=O) groups is 1. The molecule has 1 amide bonds. The van der Waals surface area contributed by atoms with Gasteiger partial charge in [-0.15, -0.1) is 0 Å². The maximum atomic E-state index is 13.8. The molecule has 1 N–H and O–H groups in total. The molecule has 0 saturated carbocycles. The summed E-state index contributed by atoms with van der Waals surface area (Å²) in [5.41, 5.74) is 3.32. The molecule has 1 aliphatic heterocycles. The van der Waals surface area contributed by atoms with Gasteiger partial charge in [0, 0.05) is 24.6 Å². The minimum absolute atomic E-state index is 0.0845. The number of halogens is 1. The van der Waals surface area contributed by atoms with Crippen molar-refractivity contribution in [2.45, 2.75) is 39.2 Å². The lowest BCUT2D eigenvalue weighted by Gasteiger charge is -2.31. The lowest BCUT2D eigenvalue weighted by atomic mass is 9.95. The van der Waals surface area contributed by atoms with Gasteiger partial charge in [-0.3, -0.25) is 9.69 Å². The molecule has 2 aromatic rings. The fourth-order valence-electron chi connectivity index (χ4n) is 3.62. The summed E-state index contributed by atoms with van der Waals surface area (Å²) in [7, 11) is 0. The van der Waals surface area contributed by atoms with E-state index >= 15 is 0 Å². The number of likely N-dealkylation sites (tertiary alicyclic amines) is 1. The number of piperidine rings is 1. The Bertz CT molecular complexity index is 736. The van der Waals surface area contributed by atoms with Crippen molar-refractivity contribution in [2.24, 2.45) is 5.92 Å². The minimum atomic E-state index is -0.147. The molecule has 0 spiro atoms. The second-order valence-corrected chi connectivity index (χ2v) is 7.52. The molecular formula is C23H29FN2O. The zero-order valence-electron chi connectivity index (χ0n) is 16.1.